The van der Waals surface area contributed by atoms with E-state index in [0.29, 0.717) is 11.1 Å². The lowest BCUT2D eigenvalue weighted by Crippen LogP contribution is -2.28. The van der Waals surface area contributed by atoms with Gasteiger partial charge in [-0.05, 0) is 18.2 Å². The van der Waals surface area contributed by atoms with Crippen LogP contribution in [-0.4, -0.2) is 21.8 Å². The molecule has 5 heteroatoms. The number of aromatic hydroxyl groups is 2. The summed E-state index contributed by atoms with van der Waals surface area (Å²) in [4.78, 5) is 11.4. The van der Waals surface area contributed by atoms with Gasteiger partial charge in [0.15, 0.2) is 0 Å². The molecule has 0 aliphatic rings. The van der Waals surface area contributed by atoms with Crippen molar-refractivity contribution in [1.82, 2.24) is 5.32 Å². The fraction of sp³-hybridized carbons (Fsp3) is 0.176. The predicted octanol–water partition coefficient (Wildman–Crippen LogP) is 2.73. The molecule has 2 aromatic carbocycles. The molecule has 0 aliphatic heterocycles. The Bertz CT molecular complexity index is 698. The van der Waals surface area contributed by atoms with Crippen LogP contribution in [0.2, 0.25) is 0 Å². The molecule has 4 N–H and O–H groups in total. The van der Waals surface area contributed by atoms with Crippen LogP contribution in [-0.2, 0) is 4.79 Å². The Morgan fingerprint density at radius 1 is 1.09 bits per heavy atom. The number of para-hydroxylation sites is 2. The van der Waals surface area contributed by atoms with Crippen molar-refractivity contribution in [3.05, 3.63) is 59.7 Å². The molecule has 0 bridgehead atoms. The Balaban J connectivity index is 2.28. The van der Waals surface area contributed by atoms with Gasteiger partial charge < -0.3 is 20.9 Å². The molecule has 0 saturated carbocycles. The van der Waals surface area contributed by atoms with E-state index in [0.717, 1.165) is 0 Å². The van der Waals surface area contributed by atoms with E-state index in [2.05, 4.69) is 5.32 Å². The van der Waals surface area contributed by atoms with E-state index in [1.165, 1.54) is 19.1 Å². The number of hydrogen-bond acceptors (Lipinski definition) is 4. The first kappa shape index (κ1) is 15.6. The normalized spacial score (nSPS) is 11.7. The molecule has 0 fully saturated rings. The first-order chi connectivity index (χ1) is 10.5. The Kier molecular flexibility index (Phi) is 4.78. The molecule has 0 heterocycles. The third kappa shape index (κ3) is 3.63. The van der Waals surface area contributed by atoms with Crippen LogP contribution in [0.4, 0.5) is 0 Å². The smallest absolute Gasteiger partial charge is 0.217 e. The van der Waals surface area contributed by atoms with Gasteiger partial charge in [-0.25, -0.2) is 0 Å². The molecule has 2 rings (SSSR count). The van der Waals surface area contributed by atoms with Gasteiger partial charge >= 0.3 is 0 Å². The zero-order valence-electron chi connectivity index (χ0n) is 12.2. The van der Waals surface area contributed by atoms with Gasteiger partial charge in [0.1, 0.15) is 11.5 Å². The van der Waals surface area contributed by atoms with Gasteiger partial charge in [0.05, 0.1) is 6.04 Å². The summed E-state index contributed by atoms with van der Waals surface area (Å²) < 4.78 is 0. The van der Waals surface area contributed by atoms with Crippen molar-refractivity contribution in [3.63, 3.8) is 0 Å². The lowest BCUT2D eigenvalue weighted by molar-refractivity contribution is -0.119. The number of rotatable bonds is 5. The van der Waals surface area contributed by atoms with Crippen molar-refractivity contribution in [2.75, 3.05) is 0 Å². The molecule has 22 heavy (non-hydrogen) atoms. The van der Waals surface area contributed by atoms with E-state index in [-0.39, 0.29) is 29.5 Å². The molecule has 5 nitrogen and oxygen atoms in total. The lowest BCUT2D eigenvalue weighted by Gasteiger charge is -2.20. The molecule has 0 saturated heterocycles. The van der Waals surface area contributed by atoms with E-state index in [4.69, 9.17) is 5.41 Å². The summed E-state index contributed by atoms with van der Waals surface area (Å²) in [6.07, 6.45) is 0.161. The van der Waals surface area contributed by atoms with Crippen LogP contribution >= 0.6 is 0 Å². The SMILES string of the molecule is CC(=O)NC(CC(=N)c1ccccc1O)c1ccccc1O. The summed E-state index contributed by atoms with van der Waals surface area (Å²) in [6.45, 7) is 1.39. The van der Waals surface area contributed by atoms with Crippen molar-refractivity contribution in [2.45, 2.75) is 19.4 Å². The second kappa shape index (κ2) is 6.76. The molecular weight excluding hydrogens is 280 g/mol. The van der Waals surface area contributed by atoms with Crippen LogP contribution in [0, 0.1) is 5.41 Å². The van der Waals surface area contributed by atoms with Gasteiger partial charge in [0, 0.05) is 30.2 Å². The maximum Gasteiger partial charge on any atom is 0.217 e. The highest BCUT2D eigenvalue weighted by Gasteiger charge is 2.19. The number of benzene rings is 2. The fourth-order valence-corrected chi connectivity index (χ4v) is 2.31. The monoisotopic (exact) mass is 298 g/mol. The second-order valence-corrected chi connectivity index (χ2v) is 5.01. The van der Waals surface area contributed by atoms with Gasteiger partial charge in [0.2, 0.25) is 5.91 Å². The zero-order valence-corrected chi connectivity index (χ0v) is 12.2. The zero-order chi connectivity index (χ0) is 16.1. The standard InChI is InChI=1S/C17H18N2O3/c1-11(20)19-15(13-7-3-5-9-17(13)22)10-14(18)12-6-2-4-8-16(12)21/h2-9,15,18,21-22H,10H2,1H3,(H,19,20). The largest absolute Gasteiger partial charge is 0.508 e. The maximum absolute atomic E-state index is 11.4. The summed E-state index contributed by atoms with van der Waals surface area (Å²) in [5.41, 5.74) is 1.13. The molecule has 1 atom stereocenters. The number of phenols is 2. The topological polar surface area (TPSA) is 93.4 Å². The van der Waals surface area contributed by atoms with Crippen molar-refractivity contribution < 1.29 is 15.0 Å². The molecule has 2 aromatic rings. The number of carbonyl (C=O) groups excluding carboxylic acids is 1. The van der Waals surface area contributed by atoms with Crippen LogP contribution in [0.25, 0.3) is 0 Å². The first-order valence-corrected chi connectivity index (χ1v) is 6.90. The lowest BCUT2D eigenvalue weighted by atomic mass is 9.96. The molecule has 1 amide bonds. The summed E-state index contributed by atoms with van der Waals surface area (Å²) in [7, 11) is 0. The maximum atomic E-state index is 11.4. The minimum atomic E-state index is -0.536. The molecule has 0 spiro atoms. The highest BCUT2D eigenvalue weighted by Crippen LogP contribution is 2.28. The number of amides is 1. The van der Waals surface area contributed by atoms with Gasteiger partial charge in [-0.15, -0.1) is 0 Å². The molecule has 0 aromatic heterocycles. The van der Waals surface area contributed by atoms with Gasteiger partial charge in [-0.1, -0.05) is 30.3 Å². The van der Waals surface area contributed by atoms with Crippen LogP contribution in [0.3, 0.4) is 0 Å². The molecular formula is C17H18N2O3. The molecule has 114 valence electrons. The van der Waals surface area contributed by atoms with Crippen LogP contribution in [0.5, 0.6) is 11.5 Å². The van der Waals surface area contributed by atoms with Crippen LogP contribution in [0.1, 0.15) is 30.5 Å². The summed E-state index contributed by atoms with van der Waals surface area (Å²) in [6, 6.07) is 12.7. The molecule has 0 radical (unpaired) electrons. The number of hydrogen-bond donors (Lipinski definition) is 4. The quantitative estimate of drug-likeness (QED) is 0.639. The Labute approximate surface area is 128 Å². The van der Waals surface area contributed by atoms with Gasteiger partial charge in [-0.2, -0.15) is 0 Å². The Morgan fingerprint density at radius 3 is 2.27 bits per heavy atom. The van der Waals surface area contributed by atoms with E-state index in [9.17, 15) is 15.0 Å². The average Bonchev–Trinajstić information content (AvgIpc) is 2.47. The van der Waals surface area contributed by atoms with E-state index in [1.807, 2.05) is 0 Å². The minimum absolute atomic E-state index is 0.0198. The van der Waals surface area contributed by atoms with E-state index >= 15 is 0 Å². The minimum Gasteiger partial charge on any atom is -0.508 e. The third-order valence-corrected chi connectivity index (χ3v) is 3.33. The fourth-order valence-electron chi connectivity index (χ4n) is 2.31. The van der Waals surface area contributed by atoms with Crippen molar-refractivity contribution in [2.24, 2.45) is 0 Å². The Hall–Kier alpha value is -2.82. The van der Waals surface area contributed by atoms with Crippen molar-refractivity contribution in [3.8, 4) is 11.5 Å². The molecule has 0 aliphatic carbocycles. The van der Waals surface area contributed by atoms with Gasteiger partial charge in [0.25, 0.3) is 0 Å². The molecule has 1 unspecified atom stereocenters. The number of phenolic OH excluding ortho intramolecular Hbond substituents is 2. The van der Waals surface area contributed by atoms with E-state index < -0.39 is 6.04 Å². The van der Waals surface area contributed by atoms with Crippen molar-refractivity contribution >= 4 is 11.6 Å². The van der Waals surface area contributed by atoms with Crippen LogP contribution < -0.4 is 5.32 Å². The van der Waals surface area contributed by atoms with E-state index in [1.54, 1.807) is 36.4 Å². The summed E-state index contributed by atoms with van der Waals surface area (Å²) in [5, 5.41) is 30.7. The third-order valence-electron chi connectivity index (χ3n) is 3.33. The average molecular weight is 298 g/mol. The number of nitrogens with one attached hydrogen (secondary N) is 2. The summed E-state index contributed by atoms with van der Waals surface area (Å²) >= 11 is 0. The van der Waals surface area contributed by atoms with Crippen LogP contribution in [0.15, 0.2) is 48.5 Å². The summed E-state index contributed by atoms with van der Waals surface area (Å²) in [5.74, 6) is -0.170. The van der Waals surface area contributed by atoms with Crippen molar-refractivity contribution in [1.29, 1.82) is 5.41 Å². The first-order valence-electron chi connectivity index (χ1n) is 6.90. The number of carbonyl (C=O) groups is 1. The highest BCUT2D eigenvalue weighted by molar-refractivity contribution is 6.01. The Morgan fingerprint density at radius 2 is 1.68 bits per heavy atom. The second-order valence-electron chi connectivity index (χ2n) is 5.01. The highest BCUT2D eigenvalue weighted by atomic mass is 16.3. The predicted molar refractivity (Wildman–Crippen MR) is 84.2 cm³/mol. The van der Waals surface area contributed by atoms with Gasteiger partial charge in [-0.3, -0.25) is 4.79 Å².